The van der Waals surface area contributed by atoms with Crippen LogP contribution in [0, 0.1) is 5.92 Å². The fourth-order valence-corrected chi connectivity index (χ4v) is 2.83. The molecule has 1 atom stereocenters. The molecule has 0 amide bonds. The molecule has 94 valence electrons. The number of benzene rings is 1. The Labute approximate surface area is 111 Å². The minimum Gasteiger partial charge on any atom is -0.409 e. The minimum atomic E-state index is 0.0576. The Kier molecular flexibility index (Phi) is 5.65. The van der Waals surface area contributed by atoms with Gasteiger partial charge in [0.05, 0.1) is 10.6 Å². The lowest BCUT2D eigenvalue weighted by Crippen LogP contribution is -2.15. The second-order valence-corrected chi connectivity index (χ2v) is 5.39. The second kappa shape index (κ2) is 6.77. The molecule has 0 aliphatic rings. The zero-order valence-corrected chi connectivity index (χ0v) is 11.6. The second-order valence-electron chi connectivity index (χ2n) is 3.92. The van der Waals surface area contributed by atoms with Crippen LogP contribution in [0.15, 0.2) is 28.3 Å². The van der Waals surface area contributed by atoms with Gasteiger partial charge >= 0.3 is 0 Å². The van der Waals surface area contributed by atoms with Crippen LogP contribution in [0.1, 0.15) is 25.8 Å². The molecule has 0 saturated heterocycles. The zero-order valence-electron chi connectivity index (χ0n) is 9.98. The van der Waals surface area contributed by atoms with Gasteiger partial charge in [0.15, 0.2) is 5.84 Å². The lowest BCUT2D eigenvalue weighted by Gasteiger charge is -2.12. The van der Waals surface area contributed by atoms with Crippen molar-refractivity contribution in [2.24, 2.45) is 16.8 Å². The van der Waals surface area contributed by atoms with E-state index in [1.54, 1.807) is 17.8 Å². The number of thioether (sulfide) groups is 1. The van der Waals surface area contributed by atoms with Gasteiger partial charge < -0.3 is 10.9 Å². The largest absolute Gasteiger partial charge is 0.409 e. The van der Waals surface area contributed by atoms with E-state index in [2.05, 4.69) is 19.0 Å². The average molecular weight is 273 g/mol. The molecule has 5 heteroatoms. The van der Waals surface area contributed by atoms with E-state index in [4.69, 9.17) is 22.5 Å². The van der Waals surface area contributed by atoms with Crippen molar-refractivity contribution in [2.75, 3.05) is 5.75 Å². The van der Waals surface area contributed by atoms with Gasteiger partial charge in [-0.15, -0.1) is 11.8 Å². The Morgan fingerprint density at radius 1 is 1.59 bits per heavy atom. The highest BCUT2D eigenvalue weighted by atomic mass is 35.5. The van der Waals surface area contributed by atoms with Crippen LogP contribution in [-0.2, 0) is 0 Å². The number of hydrogen-bond acceptors (Lipinski definition) is 3. The standard InChI is InChI=1S/C12H17ClN2OS/c1-3-8(2)7-17-10-6-4-5-9(13)11(10)12(14)15-16/h4-6,8,16H,3,7H2,1-2H3,(H2,14,15). The number of nitrogens with two attached hydrogens (primary N) is 1. The Morgan fingerprint density at radius 3 is 2.88 bits per heavy atom. The van der Waals surface area contributed by atoms with Gasteiger partial charge in [0.2, 0.25) is 0 Å². The molecule has 1 aromatic carbocycles. The van der Waals surface area contributed by atoms with E-state index in [0.29, 0.717) is 16.5 Å². The summed E-state index contributed by atoms with van der Waals surface area (Å²) in [6.45, 7) is 4.36. The summed E-state index contributed by atoms with van der Waals surface area (Å²) in [7, 11) is 0. The SMILES string of the molecule is CCC(C)CSc1cccc(Cl)c1/C(N)=N/O. The van der Waals surface area contributed by atoms with Crippen molar-refractivity contribution < 1.29 is 5.21 Å². The summed E-state index contributed by atoms with van der Waals surface area (Å²) in [4.78, 5) is 0.952. The smallest absolute Gasteiger partial charge is 0.172 e. The van der Waals surface area contributed by atoms with Crippen LogP contribution in [0.3, 0.4) is 0 Å². The first-order valence-corrected chi connectivity index (χ1v) is 6.85. The minimum absolute atomic E-state index is 0.0576. The molecule has 0 fully saturated rings. The van der Waals surface area contributed by atoms with E-state index < -0.39 is 0 Å². The molecule has 3 nitrogen and oxygen atoms in total. The first kappa shape index (κ1) is 14.2. The lowest BCUT2D eigenvalue weighted by molar-refractivity contribution is 0.318. The highest BCUT2D eigenvalue weighted by Crippen LogP contribution is 2.30. The summed E-state index contributed by atoms with van der Waals surface area (Å²) < 4.78 is 0. The van der Waals surface area contributed by atoms with E-state index in [9.17, 15) is 0 Å². The van der Waals surface area contributed by atoms with Crippen LogP contribution in [0.2, 0.25) is 5.02 Å². The molecule has 3 N–H and O–H groups in total. The van der Waals surface area contributed by atoms with Gasteiger partial charge in [-0.05, 0) is 18.1 Å². The molecule has 0 aliphatic heterocycles. The maximum absolute atomic E-state index is 8.76. The highest BCUT2D eigenvalue weighted by molar-refractivity contribution is 7.99. The predicted octanol–water partition coefficient (Wildman–Crippen LogP) is 3.57. The van der Waals surface area contributed by atoms with Gasteiger partial charge in [-0.3, -0.25) is 0 Å². The number of oxime groups is 1. The third-order valence-electron chi connectivity index (χ3n) is 2.56. The lowest BCUT2D eigenvalue weighted by atomic mass is 10.2. The van der Waals surface area contributed by atoms with Gasteiger partial charge in [0.25, 0.3) is 0 Å². The van der Waals surface area contributed by atoms with Crippen molar-refractivity contribution in [3.05, 3.63) is 28.8 Å². The van der Waals surface area contributed by atoms with Crippen molar-refractivity contribution in [2.45, 2.75) is 25.2 Å². The molecule has 0 aliphatic carbocycles. The van der Waals surface area contributed by atoms with Gasteiger partial charge in [-0.25, -0.2) is 0 Å². The van der Waals surface area contributed by atoms with Gasteiger partial charge in [-0.2, -0.15) is 0 Å². The first-order valence-electron chi connectivity index (χ1n) is 5.49. The Balaban J connectivity index is 2.95. The van der Waals surface area contributed by atoms with E-state index in [-0.39, 0.29) is 5.84 Å². The van der Waals surface area contributed by atoms with Crippen LogP contribution < -0.4 is 5.73 Å². The maximum atomic E-state index is 8.76. The number of halogens is 1. The summed E-state index contributed by atoms with van der Waals surface area (Å²) in [6.07, 6.45) is 1.13. The molecular formula is C12H17ClN2OS. The Morgan fingerprint density at radius 2 is 2.29 bits per heavy atom. The third kappa shape index (κ3) is 3.82. The van der Waals surface area contributed by atoms with Crippen molar-refractivity contribution >= 4 is 29.2 Å². The molecule has 0 bridgehead atoms. The van der Waals surface area contributed by atoms with Crippen LogP contribution in [0.4, 0.5) is 0 Å². The van der Waals surface area contributed by atoms with Gasteiger partial charge in [0.1, 0.15) is 0 Å². The van der Waals surface area contributed by atoms with Gasteiger partial charge in [-0.1, -0.05) is 43.1 Å². The highest BCUT2D eigenvalue weighted by Gasteiger charge is 2.12. The van der Waals surface area contributed by atoms with E-state index in [1.807, 2.05) is 12.1 Å². The van der Waals surface area contributed by atoms with Crippen molar-refractivity contribution in [3.63, 3.8) is 0 Å². The summed E-state index contributed by atoms with van der Waals surface area (Å²) >= 11 is 7.75. The summed E-state index contributed by atoms with van der Waals surface area (Å²) in [5, 5.41) is 12.3. The van der Waals surface area contributed by atoms with Crippen molar-refractivity contribution in [3.8, 4) is 0 Å². The van der Waals surface area contributed by atoms with Gasteiger partial charge in [0, 0.05) is 10.6 Å². The van der Waals surface area contributed by atoms with Crippen LogP contribution in [0.5, 0.6) is 0 Å². The molecule has 0 saturated carbocycles. The fourth-order valence-electron chi connectivity index (χ4n) is 1.27. The topological polar surface area (TPSA) is 58.6 Å². The molecular weight excluding hydrogens is 256 g/mol. The van der Waals surface area contributed by atoms with E-state index in [0.717, 1.165) is 17.1 Å². The van der Waals surface area contributed by atoms with E-state index >= 15 is 0 Å². The Hall–Kier alpha value is -0.870. The number of nitrogens with zero attached hydrogens (tertiary/aromatic N) is 1. The average Bonchev–Trinajstić information content (AvgIpc) is 2.35. The summed E-state index contributed by atoms with van der Waals surface area (Å²) in [5.41, 5.74) is 6.25. The number of hydrogen-bond donors (Lipinski definition) is 2. The number of rotatable bonds is 5. The molecule has 17 heavy (non-hydrogen) atoms. The molecule has 1 unspecified atom stereocenters. The molecule has 0 radical (unpaired) electrons. The quantitative estimate of drug-likeness (QED) is 0.283. The first-order chi connectivity index (χ1) is 8.10. The zero-order chi connectivity index (χ0) is 12.8. The normalized spacial score (nSPS) is 13.7. The predicted molar refractivity (Wildman–Crippen MR) is 74.1 cm³/mol. The van der Waals surface area contributed by atoms with Crippen LogP contribution >= 0.6 is 23.4 Å². The van der Waals surface area contributed by atoms with Crippen molar-refractivity contribution in [1.29, 1.82) is 0 Å². The van der Waals surface area contributed by atoms with Crippen LogP contribution in [-0.4, -0.2) is 16.8 Å². The third-order valence-corrected chi connectivity index (χ3v) is 4.26. The summed E-state index contributed by atoms with van der Waals surface area (Å²) in [5.74, 6) is 1.67. The molecule has 0 spiro atoms. The molecule has 0 heterocycles. The van der Waals surface area contributed by atoms with Crippen molar-refractivity contribution in [1.82, 2.24) is 0 Å². The molecule has 0 aromatic heterocycles. The monoisotopic (exact) mass is 272 g/mol. The number of amidine groups is 1. The van der Waals surface area contributed by atoms with E-state index in [1.165, 1.54) is 0 Å². The fraction of sp³-hybridized carbons (Fsp3) is 0.417. The molecule has 1 rings (SSSR count). The summed E-state index contributed by atoms with van der Waals surface area (Å²) in [6, 6.07) is 5.55. The van der Waals surface area contributed by atoms with Crippen LogP contribution in [0.25, 0.3) is 0 Å². The Bertz CT molecular complexity index is 409. The molecule has 1 aromatic rings. The maximum Gasteiger partial charge on any atom is 0.172 e.